The minimum Gasteiger partial charge on any atom is -0.373 e. The van der Waals surface area contributed by atoms with Crippen LogP contribution < -0.4 is 10.6 Å². The van der Waals surface area contributed by atoms with Crippen LogP contribution in [0.5, 0.6) is 0 Å². The molecule has 21 heavy (non-hydrogen) atoms. The number of amides is 1. The molecule has 112 valence electrons. The zero-order valence-corrected chi connectivity index (χ0v) is 13.8. The Kier molecular flexibility index (Phi) is 5.20. The Morgan fingerprint density at radius 2 is 2.19 bits per heavy atom. The van der Waals surface area contributed by atoms with Crippen molar-refractivity contribution in [3.63, 3.8) is 0 Å². The summed E-state index contributed by atoms with van der Waals surface area (Å²) >= 11 is 7.40. The number of pyridine rings is 1. The van der Waals surface area contributed by atoms with Crippen molar-refractivity contribution in [1.82, 2.24) is 10.3 Å². The Morgan fingerprint density at radius 3 is 2.76 bits per heavy atom. The SMILES string of the molecule is CCc1cc(C(=O)NC(C)c2ccc(Cl)s2)cc(NC)n1. The van der Waals surface area contributed by atoms with E-state index in [0.29, 0.717) is 11.4 Å². The molecule has 0 aromatic carbocycles. The summed E-state index contributed by atoms with van der Waals surface area (Å²) in [7, 11) is 1.79. The Balaban J connectivity index is 2.16. The Labute approximate surface area is 133 Å². The van der Waals surface area contributed by atoms with Gasteiger partial charge in [-0.25, -0.2) is 4.98 Å². The smallest absolute Gasteiger partial charge is 0.251 e. The van der Waals surface area contributed by atoms with Gasteiger partial charge in [0.25, 0.3) is 5.91 Å². The van der Waals surface area contributed by atoms with Crippen LogP contribution in [0.3, 0.4) is 0 Å². The molecule has 0 saturated carbocycles. The average Bonchev–Trinajstić information content (AvgIpc) is 2.93. The molecule has 0 saturated heterocycles. The Bertz CT molecular complexity index is 619. The third-order valence-electron chi connectivity index (χ3n) is 3.13. The molecule has 0 radical (unpaired) electrons. The fourth-order valence-corrected chi connectivity index (χ4v) is 3.00. The zero-order valence-electron chi connectivity index (χ0n) is 12.2. The van der Waals surface area contributed by atoms with Gasteiger partial charge >= 0.3 is 0 Å². The van der Waals surface area contributed by atoms with Crippen LogP contribution in [0, 0.1) is 0 Å². The number of rotatable bonds is 5. The molecule has 4 nitrogen and oxygen atoms in total. The maximum Gasteiger partial charge on any atom is 0.251 e. The first-order valence-corrected chi connectivity index (χ1v) is 7.97. The first-order valence-electron chi connectivity index (χ1n) is 6.78. The van der Waals surface area contributed by atoms with E-state index in [1.54, 1.807) is 13.1 Å². The topological polar surface area (TPSA) is 54.0 Å². The number of carbonyl (C=O) groups excluding carboxylic acids is 1. The molecule has 0 aliphatic rings. The van der Waals surface area contributed by atoms with Gasteiger partial charge in [-0.1, -0.05) is 18.5 Å². The summed E-state index contributed by atoms with van der Waals surface area (Å²) in [5.41, 5.74) is 1.50. The molecular weight excluding hydrogens is 306 g/mol. The predicted molar refractivity (Wildman–Crippen MR) is 88.4 cm³/mol. The van der Waals surface area contributed by atoms with E-state index in [0.717, 1.165) is 21.3 Å². The van der Waals surface area contributed by atoms with Gasteiger partial charge in [-0.2, -0.15) is 0 Å². The van der Waals surface area contributed by atoms with Crippen molar-refractivity contribution < 1.29 is 4.79 Å². The Morgan fingerprint density at radius 1 is 1.43 bits per heavy atom. The summed E-state index contributed by atoms with van der Waals surface area (Å²) in [5, 5.41) is 5.96. The van der Waals surface area contributed by atoms with Crippen LogP contribution in [0.2, 0.25) is 4.34 Å². The van der Waals surface area contributed by atoms with Gasteiger partial charge in [0.15, 0.2) is 0 Å². The molecule has 0 fully saturated rings. The maximum atomic E-state index is 12.4. The number of thiophene rings is 1. The summed E-state index contributed by atoms with van der Waals surface area (Å²) in [6, 6.07) is 7.27. The lowest BCUT2D eigenvalue weighted by molar-refractivity contribution is 0.0940. The molecule has 1 amide bonds. The highest BCUT2D eigenvalue weighted by molar-refractivity contribution is 7.16. The second kappa shape index (κ2) is 6.91. The molecule has 2 aromatic heterocycles. The van der Waals surface area contributed by atoms with Gasteiger partial charge in [-0.05, 0) is 37.6 Å². The molecule has 2 heterocycles. The Hall–Kier alpha value is -1.59. The van der Waals surface area contributed by atoms with E-state index >= 15 is 0 Å². The maximum absolute atomic E-state index is 12.4. The first-order chi connectivity index (χ1) is 10.0. The number of halogens is 1. The molecule has 0 aliphatic heterocycles. The van der Waals surface area contributed by atoms with Crippen LogP contribution in [-0.4, -0.2) is 17.9 Å². The van der Waals surface area contributed by atoms with Crippen molar-refractivity contribution in [2.75, 3.05) is 12.4 Å². The number of aryl methyl sites for hydroxylation is 1. The minimum atomic E-state index is -0.111. The molecule has 2 N–H and O–H groups in total. The highest BCUT2D eigenvalue weighted by Crippen LogP contribution is 2.26. The van der Waals surface area contributed by atoms with Crippen molar-refractivity contribution in [2.45, 2.75) is 26.3 Å². The average molecular weight is 324 g/mol. The quantitative estimate of drug-likeness (QED) is 0.877. The number of nitrogens with one attached hydrogen (secondary N) is 2. The van der Waals surface area contributed by atoms with Crippen molar-refractivity contribution in [3.8, 4) is 0 Å². The van der Waals surface area contributed by atoms with Crippen LogP contribution in [0.1, 0.15) is 40.8 Å². The molecule has 1 unspecified atom stereocenters. The molecule has 0 bridgehead atoms. The third-order valence-corrected chi connectivity index (χ3v) is 4.54. The highest BCUT2D eigenvalue weighted by atomic mass is 35.5. The largest absolute Gasteiger partial charge is 0.373 e. The van der Waals surface area contributed by atoms with Crippen LogP contribution in [-0.2, 0) is 6.42 Å². The standard InChI is InChI=1S/C15H18ClN3OS/c1-4-11-7-10(8-14(17-3)19-11)15(20)18-9(2)12-5-6-13(16)21-12/h5-9H,4H2,1-3H3,(H,17,19)(H,18,20). The molecule has 2 aromatic rings. The van der Waals surface area contributed by atoms with Crippen LogP contribution in [0.25, 0.3) is 0 Å². The molecule has 2 rings (SSSR count). The lowest BCUT2D eigenvalue weighted by atomic mass is 10.1. The summed E-state index contributed by atoms with van der Waals surface area (Å²) < 4.78 is 0.723. The number of hydrogen-bond donors (Lipinski definition) is 2. The molecule has 0 spiro atoms. The van der Waals surface area contributed by atoms with E-state index in [2.05, 4.69) is 15.6 Å². The van der Waals surface area contributed by atoms with Gasteiger partial charge < -0.3 is 10.6 Å². The third kappa shape index (κ3) is 3.95. The molecular formula is C15H18ClN3OS. The van der Waals surface area contributed by atoms with Gasteiger partial charge in [0.1, 0.15) is 5.82 Å². The zero-order chi connectivity index (χ0) is 15.4. The van der Waals surface area contributed by atoms with Crippen molar-refractivity contribution in [3.05, 3.63) is 44.7 Å². The predicted octanol–water partition coefficient (Wildman–Crippen LogP) is 3.89. The van der Waals surface area contributed by atoms with Crippen LogP contribution in [0.4, 0.5) is 5.82 Å². The minimum absolute atomic E-state index is 0.0775. The fraction of sp³-hybridized carbons (Fsp3) is 0.333. The molecule has 1 atom stereocenters. The summed E-state index contributed by atoms with van der Waals surface area (Å²) in [6.07, 6.45) is 0.784. The van der Waals surface area contributed by atoms with E-state index in [9.17, 15) is 4.79 Å². The highest BCUT2D eigenvalue weighted by Gasteiger charge is 2.14. The summed E-state index contributed by atoms with van der Waals surface area (Å²) in [5.74, 6) is 0.590. The van der Waals surface area contributed by atoms with Crippen molar-refractivity contribution in [2.24, 2.45) is 0 Å². The van der Waals surface area contributed by atoms with Gasteiger partial charge in [0.05, 0.1) is 10.4 Å². The van der Waals surface area contributed by atoms with Crippen LogP contribution >= 0.6 is 22.9 Å². The summed E-state index contributed by atoms with van der Waals surface area (Å²) in [4.78, 5) is 17.8. The van der Waals surface area contributed by atoms with Crippen molar-refractivity contribution in [1.29, 1.82) is 0 Å². The molecule has 0 aliphatic carbocycles. The number of anilines is 1. The van der Waals surface area contributed by atoms with Gasteiger partial charge in [0.2, 0.25) is 0 Å². The van der Waals surface area contributed by atoms with Crippen LogP contribution in [0.15, 0.2) is 24.3 Å². The van der Waals surface area contributed by atoms with Gasteiger partial charge in [0, 0.05) is 23.2 Å². The van der Waals surface area contributed by atoms with E-state index in [1.165, 1.54) is 11.3 Å². The monoisotopic (exact) mass is 323 g/mol. The normalized spacial score (nSPS) is 12.0. The van der Waals surface area contributed by atoms with Gasteiger partial charge in [-0.3, -0.25) is 4.79 Å². The first kappa shape index (κ1) is 15.8. The van der Waals surface area contributed by atoms with E-state index in [4.69, 9.17) is 11.6 Å². The molecule has 6 heteroatoms. The van der Waals surface area contributed by atoms with E-state index in [-0.39, 0.29) is 11.9 Å². The fourth-order valence-electron chi connectivity index (χ4n) is 1.94. The van der Waals surface area contributed by atoms with Crippen molar-refractivity contribution >= 4 is 34.7 Å². The van der Waals surface area contributed by atoms with E-state index in [1.807, 2.05) is 32.0 Å². The van der Waals surface area contributed by atoms with E-state index < -0.39 is 0 Å². The van der Waals surface area contributed by atoms with Gasteiger partial charge in [-0.15, -0.1) is 11.3 Å². The number of aromatic nitrogens is 1. The second-order valence-electron chi connectivity index (χ2n) is 4.67. The second-order valence-corrected chi connectivity index (χ2v) is 6.42. The number of nitrogens with zero attached hydrogens (tertiary/aromatic N) is 1. The lowest BCUT2D eigenvalue weighted by Crippen LogP contribution is -2.26. The number of hydrogen-bond acceptors (Lipinski definition) is 4. The lowest BCUT2D eigenvalue weighted by Gasteiger charge is -2.13. The number of carbonyl (C=O) groups is 1. The summed E-state index contributed by atoms with van der Waals surface area (Å²) in [6.45, 7) is 3.96.